The van der Waals surface area contributed by atoms with E-state index in [1.807, 2.05) is 12.1 Å². The summed E-state index contributed by atoms with van der Waals surface area (Å²) in [6.07, 6.45) is 2.50. The van der Waals surface area contributed by atoms with Crippen LogP contribution in [-0.2, 0) is 0 Å². The van der Waals surface area contributed by atoms with Crippen LogP contribution in [0.2, 0.25) is 0 Å². The van der Waals surface area contributed by atoms with Gasteiger partial charge < -0.3 is 15.4 Å². The zero-order valence-corrected chi connectivity index (χ0v) is 13.1. The number of alkyl halides is 1. The fourth-order valence-corrected chi connectivity index (χ4v) is 3.93. The largest absolute Gasteiger partial charge is 0.495 e. The molecule has 122 valence electrons. The smallest absolute Gasteiger partial charge is 0.143 e. The maximum absolute atomic E-state index is 12.7. The molecule has 0 unspecified atom stereocenters. The summed E-state index contributed by atoms with van der Waals surface area (Å²) in [5, 5.41) is 0.842. The maximum Gasteiger partial charge on any atom is 0.143 e. The van der Waals surface area contributed by atoms with E-state index in [-0.39, 0.29) is 6.67 Å². The summed E-state index contributed by atoms with van der Waals surface area (Å²) in [5.74, 6) is 1.24. The molecule has 0 saturated carbocycles. The highest BCUT2D eigenvalue weighted by Crippen LogP contribution is 2.45. The first-order valence-corrected chi connectivity index (χ1v) is 7.88. The monoisotopic (exact) mass is 317 g/mol. The predicted octanol–water partition coefficient (Wildman–Crippen LogP) is 1.45. The molecule has 2 aliphatic rings. The van der Waals surface area contributed by atoms with Gasteiger partial charge in [-0.25, -0.2) is 14.4 Å². The summed E-state index contributed by atoms with van der Waals surface area (Å²) in [5.41, 5.74) is 7.90. The number of methoxy groups -OCH3 is 1. The Morgan fingerprint density at radius 1 is 1.35 bits per heavy atom. The van der Waals surface area contributed by atoms with Crippen LogP contribution in [0, 0.1) is 0 Å². The van der Waals surface area contributed by atoms with Gasteiger partial charge in [0.1, 0.15) is 24.6 Å². The van der Waals surface area contributed by atoms with Crippen LogP contribution in [0.5, 0.6) is 5.75 Å². The second kappa shape index (κ2) is 5.49. The predicted molar refractivity (Wildman–Crippen MR) is 87.6 cm³/mol. The Balaban J connectivity index is 1.75. The number of aromatic nitrogens is 2. The number of nitrogen functional groups attached to an aromatic ring is 1. The molecule has 2 saturated heterocycles. The first-order chi connectivity index (χ1) is 11.2. The number of hydrogen-bond donors (Lipinski definition) is 1. The van der Waals surface area contributed by atoms with Gasteiger partial charge in [0.05, 0.1) is 23.7 Å². The molecule has 0 aliphatic carbocycles. The quantitative estimate of drug-likeness (QED) is 0.921. The van der Waals surface area contributed by atoms with Crippen molar-refractivity contribution in [1.29, 1.82) is 0 Å². The fraction of sp³-hybridized carbons (Fsp3) is 0.500. The van der Waals surface area contributed by atoms with Gasteiger partial charge in [-0.2, -0.15) is 0 Å². The highest BCUT2D eigenvalue weighted by molar-refractivity contribution is 6.02. The van der Waals surface area contributed by atoms with Gasteiger partial charge in [-0.05, 0) is 18.6 Å². The molecule has 3 heterocycles. The van der Waals surface area contributed by atoms with E-state index in [1.54, 1.807) is 7.11 Å². The van der Waals surface area contributed by atoms with Crippen molar-refractivity contribution in [2.75, 3.05) is 44.1 Å². The third-order valence-corrected chi connectivity index (χ3v) is 5.06. The molecule has 0 radical (unpaired) electrons. The van der Waals surface area contributed by atoms with Crippen LogP contribution >= 0.6 is 0 Å². The Kier molecular flexibility index (Phi) is 3.45. The standard InChI is InChI=1S/C16H20FN5O/c1-23-13-3-2-10-14(16(18)20-9-19-10)15(13)22-8-12-11(22)4-6-21(12)7-5-17/h2-3,9,11-12H,4-8H2,1H3,(H2,18,19,20)/t11-,12-/m0/s1. The number of ether oxygens (including phenoxy) is 1. The van der Waals surface area contributed by atoms with Crippen molar-refractivity contribution >= 4 is 22.4 Å². The molecule has 2 N–H and O–H groups in total. The molecule has 2 aromatic rings. The molecule has 2 fully saturated rings. The van der Waals surface area contributed by atoms with Gasteiger partial charge in [0, 0.05) is 31.7 Å². The van der Waals surface area contributed by atoms with Crippen molar-refractivity contribution in [3.8, 4) is 5.75 Å². The first-order valence-electron chi connectivity index (χ1n) is 7.88. The number of likely N-dealkylation sites (tertiary alicyclic amines) is 1. The molecule has 1 aromatic heterocycles. The average molecular weight is 317 g/mol. The van der Waals surface area contributed by atoms with Gasteiger partial charge in [0.25, 0.3) is 0 Å². The zero-order valence-electron chi connectivity index (χ0n) is 13.1. The van der Waals surface area contributed by atoms with Crippen molar-refractivity contribution in [3.63, 3.8) is 0 Å². The third-order valence-electron chi connectivity index (χ3n) is 5.06. The lowest BCUT2D eigenvalue weighted by atomic mass is 9.94. The summed E-state index contributed by atoms with van der Waals surface area (Å²) in [6.45, 7) is 2.03. The van der Waals surface area contributed by atoms with E-state index in [0.29, 0.717) is 24.4 Å². The van der Waals surface area contributed by atoms with Crippen molar-refractivity contribution in [2.24, 2.45) is 0 Å². The van der Waals surface area contributed by atoms with Gasteiger partial charge >= 0.3 is 0 Å². The number of benzene rings is 1. The second-order valence-electron chi connectivity index (χ2n) is 6.07. The van der Waals surface area contributed by atoms with Gasteiger partial charge in [0.15, 0.2) is 0 Å². The normalized spacial score (nSPS) is 23.8. The lowest BCUT2D eigenvalue weighted by Crippen LogP contribution is -2.62. The topological polar surface area (TPSA) is 67.5 Å². The molecule has 1 aromatic carbocycles. The van der Waals surface area contributed by atoms with Crippen molar-refractivity contribution in [3.05, 3.63) is 18.5 Å². The number of nitrogens with zero attached hydrogens (tertiary/aromatic N) is 4. The minimum Gasteiger partial charge on any atom is -0.495 e. The van der Waals surface area contributed by atoms with E-state index in [0.717, 1.165) is 41.9 Å². The van der Waals surface area contributed by atoms with E-state index in [1.165, 1.54) is 6.33 Å². The van der Waals surface area contributed by atoms with Crippen LogP contribution in [0.25, 0.3) is 10.9 Å². The Morgan fingerprint density at radius 2 is 2.22 bits per heavy atom. The molecular weight excluding hydrogens is 297 g/mol. The number of anilines is 2. The SMILES string of the molecule is COc1ccc2ncnc(N)c2c1N1C[C@H]2[C@@H]1CCN2CCF. The Bertz CT molecular complexity index is 740. The minimum absolute atomic E-state index is 0.290. The summed E-state index contributed by atoms with van der Waals surface area (Å²) >= 11 is 0. The molecule has 4 rings (SSSR count). The second-order valence-corrected chi connectivity index (χ2v) is 6.07. The molecule has 7 heteroatoms. The van der Waals surface area contributed by atoms with E-state index in [4.69, 9.17) is 10.5 Å². The minimum atomic E-state index is -0.290. The van der Waals surface area contributed by atoms with Crippen LogP contribution in [0.3, 0.4) is 0 Å². The number of hydrogen-bond acceptors (Lipinski definition) is 6. The van der Waals surface area contributed by atoms with Crippen LogP contribution in [0.15, 0.2) is 18.5 Å². The summed E-state index contributed by atoms with van der Waals surface area (Å²) < 4.78 is 18.2. The van der Waals surface area contributed by atoms with E-state index in [9.17, 15) is 4.39 Å². The van der Waals surface area contributed by atoms with E-state index in [2.05, 4.69) is 19.8 Å². The molecule has 6 nitrogen and oxygen atoms in total. The van der Waals surface area contributed by atoms with Gasteiger partial charge in [-0.15, -0.1) is 0 Å². The number of fused-ring (bicyclic) bond motifs is 2. The molecular formula is C16H20FN5O. The first kappa shape index (κ1) is 14.4. The number of rotatable bonds is 4. The highest BCUT2D eigenvalue weighted by atomic mass is 19.1. The lowest BCUT2D eigenvalue weighted by molar-refractivity contribution is 0.188. The van der Waals surface area contributed by atoms with Crippen LogP contribution in [-0.4, -0.2) is 60.4 Å². The zero-order chi connectivity index (χ0) is 16.0. The molecule has 0 spiro atoms. The van der Waals surface area contributed by atoms with E-state index < -0.39 is 0 Å². The molecule has 2 aliphatic heterocycles. The summed E-state index contributed by atoms with van der Waals surface area (Å²) in [7, 11) is 1.66. The number of nitrogens with two attached hydrogens (primary N) is 1. The Hall–Kier alpha value is -2.15. The van der Waals surface area contributed by atoms with Crippen LogP contribution in [0.4, 0.5) is 15.9 Å². The van der Waals surface area contributed by atoms with Crippen molar-refractivity contribution in [2.45, 2.75) is 18.5 Å². The molecule has 23 heavy (non-hydrogen) atoms. The molecule has 2 atom stereocenters. The summed E-state index contributed by atoms with van der Waals surface area (Å²) in [4.78, 5) is 13.0. The molecule has 0 amide bonds. The Labute approximate surface area is 134 Å². The van der Waals surface area contributed by atoms with Crippen LogP contribution in [0.1, 0.15) is 6.42 Å². The van der Waals surface area contributed by atoms with Crippen molar-refractivity contribution < 1.29 is 9.13 Å². The maximum atomic E-state index is 12.7. The fourth-order valence-electron chi connectivity index (χ4n) is 3.93. The van der Waals surface area contributed by atoms with Crippen molar-refractivity contribution in [1.82, 2.24) is 14.9 Å². The summed E-state index contributed by atoms with van der Waals surface area (Å²) in [6, 6.07) is 4.61. The molecule has 0 bridgehead atoms. The van der Waals surface area contributed by atoms with Gasteiger partial charge in [0.2, 0.25) is 0 Å². The average Bonchev–Trinajstić information content (AvgIpc) is 2.84. The third kappa shape index (κ3) is 2.10. The van der Waals surface area contributed by atoms with Gasteiger partial charge in [-0.3, -0.25) is 4.90 Å². The van der Waals surface area contributed by atoms with Gasteiger partial charge in [-0.1, -0.05) is 0 Å². The van der Waals surface area contributed by atoms with Crippen LogP contribution < -0.4 is 15.4 Å². The number of halogens is 1. The van der Waals surface area contributed by atoms with E-state index >= 15 is 0 Å². The Morgan fingerprint density at radius 3 is 3.00 bits per heavy atom. The lowest BCUT2D eigenvalue weighted by Gasteiger charge is -2.49. The highest BCUT2D eigenvalue weighted by Gasteiger charge is 2.47.